The van der Waals surface area contributed by atoms with Crippen molar-refractivity contribution in [1.29, 1.82) is 0 Å². The lowest BCUT2D eigenvalue weighted by atomic mass is 10.0. The number of rotatable bonds is 8. The number of carbonyl (C=O) groups is 4. The van der Waals surface area contributed by atoms with Gasteiger partial charge in [0.05, 0.1) is 12.6 Å². The monoisotopic (exact) mass is 521 g/mol. The first kappa shape index (κ1) is 27.9. The van der Waals surface area contributed by atoms with Crippen molar-refractivity contribution < 1.29 is 28.7 Å². The van der Waals surface area contributed by atoms with Gasteiger partial charge in [-0.2, -0.15) is 0 Å². The summed E-state index contributed by atoms with van der Waals surface area (Å²) in [5, 5.41) is 6.40. The lowest BCUT2D eigenvalue weighted by molar-refractivity contribution is -0.188. The van der Waals surface area contributed by atoms with Crippen molar-refractivity contribution in [3.05, 3.63) is 34.9 Å². The van der Waals surface area contributed by atoms with Crippen molar-refractivity contribution in [3.63, 3.8) is 0 Å². The molecule has 0 unspecified atom stereocenters. The lowest BCUT2D eigenvalue weighted by Gasteiger charge is -2.43. The number of halogens is 1. The van der Waals surface area contributed by atoms with Crippen molar-refractivity contribution in [1.82, 2.24) is 15.3 Å². The molecule has 0 saturated carbocycles. The summed E-state index contributed by atoms with van der Waals surface area (Å²) >= 11 is 5.97. The molecular formula is C26H36ClN3O6. The van der Waals surface area contributed by atoms with Crippen molar-refractivity contribution in [2.45, 2.75) is 89.9 Å². The number of benzene rings is 1. The third-order valence-electron chi connectivity index (χ3n) is 6.15. The molecule has 2 heterocycles. The summed E-state index contributed by atoms with van der Waals surface area (Å²) in [4.78, 5) is 52.4. The Hall–Kier alpha value is -2.65. The maximum atomic E-state index is 13.7. The van der Waals surface area contributed by atoms with Crippen molar-refractivity contribution in [2.75, 3.05) is 13.2 Å². The second-order valence-corrected chi connectivity index (χ2v) is 10.6. The van der Waals surface area contributed by atoms with Crippen LogP contribution in [0.5, 0.6) is 0 Å². The van der Waals surface area contributed by atoms with Gasteiger partial charge in [-0.1, -0.05) is 23.7 Å². The zero-order valence-corrected chi connectivity index (χ0v) is 22.2. The van der Waals surface area contributed by atoms with Crippen LogP contribution in [-0.2, 0) is 35.1 Å². The predicted octanol–water partition coefficient (Wildman–Crippen LogP) is 3.03. The van der Waals surface area contributed by atoms with Gasteiger partial charge >= 0.3 is 11.9 Å². The Bertz CT molecular complexity index is 961. The Balaban J connectivity index is 1.80. The number of nitrogens with one attached hydrogen (secondary N) is 1. The molecule has 3 atom stereocenters. The smallest absolute Gasteiger partial charge is 0.331 e. The van der Waals surface area contributed by atoms with Crippen LogP contribution < -0.4 is 5.32 Å². The van der Waals surface area contributed by atoms with Gasteiger partial charge in [-0.15, -0.1) is 0 Å². The normalized spacial score (nSPS) is 21.5. The molecule has 0 radical (unpaired) electrons. The highest BCUT2D eigenvalue weighted by atomic mass is 35.5. The van der Waals surface area contributed by atoms with Gasteiger partial charge in [0.2, 0.25) is 5.91 Å². The van der Waals surface area contributed by atoms with Crippen LogP contribution in [0, 0.1) is 0 Å². The summed E-state index contributed by atoms with van der Waals surface area (Å²) in [5.41, 5.74) is 0.261. The van der Waals surface area contributed by atoms with Gasteiger partial charge in [0.1, 0.15) is 11.6 Å². The van der Waals surface area contributed by atoms with Gasteiger partial charge in [-0.3, -0.25) is 24.7 Å². The number of nitrogens with zero attached hydrogens (tertiary/aromatic N) is 2. The summed E-state index contributed by atoms with van der Waals surface area (Å²) < 4.78 is 10.8. The third-order valence-corrected chi connectivity index (χ3v) is 6.40. The van der Waals surface area contributed by atoms with E-state index >= 15 is 0 Å². The van der Waals surface area contributed by atoms with Crippen LogP contribution in [0.25, 0.3) is 0 Å². The molecule has 0 aliphatic carbocycles. The maximum Gasteiger partial charge on any atom is 0.331 e. The number of aryl methyl sites for hydroxylation is 1. The second-order valence-electron chi connectivity index (χ2n) is 10.1. The van der Waals surface area contributed by atoms with Crippen LogP contribution in [-0.4, -0.2) is 70.6 Å². The maximum absolute atomic E-state index is 13.7. The number of hydrogen-bond acceptors (Lipinski definition) is 7. The zero-order chi connectivity index (χ0) is 26.5. The molecule has 2 fully saturated rings. The minimum Gasteiger partial charge on any atom is -0.465 e. The van der Waals surface area contributed by atoms with E-state index in [1.165, 1.54) is 10.0 Å². The van der Waals surface area contributed by atoms with Crippen LogP contribution in [0.2, 0.25) is 5.02 Å². The van der Waals surface area contributed by atoms with E-state index in [-0.39, 0.29) is 25.4 Å². The minimum atomic E-state index is -0.896. The first-order valence-corrected chi connectivity index (χ1v) is 12.9. The highest BCUT2D eigenvalue weighted by Crippen LogP contribution is 2.27. The van der Waals surface area contributed by atoms with Gasteiger partial charge in [0.15, 0.2) is 6.04 Å². The number of hydrogen-bond donors (Lipinski definition) is 1. The molecule has 1 N–H and O–H groups in total. The molecule has 10 heteroatoms. The van der Waals surface area contributed by atoms with Crippen LogP contribution in [0.15, 0.2) is 24.3 Å². The Labute approximate surface area is 217 Å². The van der Waals surface area contributed by atoms with E-state index in [9.17, 15) is 19.2 Å². The lowest BCUT2D eigenvalue weighted by Crippen LogP contribution is -2.63. The molecule has 1 aromatic rings. The Morgan fingerprint density at radius 3 is 2.50 bits per heavy atom. The minimum absolute atomic E-state index is 0.119. The van der Waals surface area contributed by atoms with Crippen molar-refractivity contribution in [3.8, 4) is 0 Å². The van der Waals surface area contributed by atoms with Crippen LogP contribution in [0.3, 0.4) is 0 Å². The van der Waals surface area contributed by atoms with Crippen LogP contribution >= 0.6 is 11.6 Å². The summed E-state index contributed by atoms with van der Waals surface area (Å²) in [6, 6.07) is 4.85. The number of esters is 2. The number of amides is 2. The fourth-order valence-electron chi connectivity index (χ4n) is 4.49. The second kappa shape index (κ2) is 12.1. The Morgan fingerprint density at radius 1 is 1.17 bits per heavy atom. The van der Waals surface area contributed by atoms with E-state index in [0.29, 0.717) is 37.3 Å². The number of carbonyl (C=O) groups excluding carboxylic acids is 4. The van der Waals surface area contributed by atoms with Gasteiger partial charge in [-0.25, -0.2) is 9.80 Å². The predicted molar refractivity (Wildman–Crippen MR) is 134 cm³/mol. The molecule has 1 aromatic carbocycles. The highest BCUT2D eigenvalue weighted by Gasteiger charge is 2.46. The molecule has 0 spiro atoms. The molecule has 2 aliphatic heterocycles. The molecule has 0 aromatic heterocycles. The first-order valence-electron chi connectivity index (χ1n) is 12.5. The highest BCUT2D eigenvalue weighted by molar-refractivity contribution is 6.30. The van der Waals surface area contributed by atoms with Gasteiger partial charge in [0.25, 0.3) is 5.91 Å². The largest absolute Gasteiger partial charge is 0.465 e. The van der Waals surface area contributed by atoms with Gasteiger partial charge in [-0.05, 0) is 77.5 Å². The van der Waals surface area contributed by atoms with E-state index in [0.717, 1.165) is 5.56 Å². The third kappa shape index (κ3) is 7.20. The first-order chi connectivity index (χ1) is 17.0. The van der Waals surface area contributed by atoms with E-state index in [2.05, 4.69) is 5.32 Å². The molecule has 36 heavy (non-hydrogen) atoms. The topological polar surface area (TPSA) is 105 Å². The molecule has 2 saturated heterocycles. The number of ether oxygens (including phenoxy) is 2. The summed E-state index contributed by atoms with van der Waals surface area (Å²) in [5.74, 6) is -1.65. The van der Waals surface area contributed by atoms with E-state index in [1.54, 1.807) is 39.8 Å². The SMILES string of the molecule is CCOC(=O)[C@@H](CCc1ccc(Cl)cc1)N[C@H]1CCC(=O)N2CCC[C@@H](C(=O)OC(C)(C)C)N2C1=O. The fraction of sp³-hybridized carbons (Fsp3) is 0.615. The fourth-order valence-corrected chi connectivity index (χ4v) is 4.62. The van der Waals surface area contributed by atoms with E-state index in [1.807, 2.05) is 12.1 Å². The van der Waals surface area contributed by atoms with Crippen LogP contribution in [0.4, 0.5) is 0 Å². The van der Waals surface area contributed by atoms with Crippen LogP contribution in [0.1, 0.15) is 65.4 Å². The standard InChI is InChI=1S/C26H36ClN3O6/c1-5-35-24(33)20(13-10-17-8-11-18(27)12-9-17)28-19-14-15-22(31)29-16-6-7-21(30(29)23(19)32)25(34)36-26(2,3)4/h8-9,11-12,19-21,28H,5-7,10,13-16H2,1-4H3/t19-,20+,21-/m0/s1. The van der Waals surface area contributed by atoms with Crippen molar-refractivity contribution in [2.24, 2.45) is 0 Å². The molecule has 9 nitrogen and oxygen atoms in total. The summed E-state index contributed by atoms with van der Waals surface area (Å²) in [6.45, 7) is 7.56. The number of fused-ring (bicyclic) bond motifs is 1. The molecule has 2 amide bonds. The molecule has 0 bridgehead atoms. The quantitative estimate of drug-likeness (QED) is 0.524. The van der Waals surface area contributed by atoms with Gasteiger partial charge < -0.3 is 9.47 Å². The molecule has 198 valence electrons. The summed E-state index contributed by atoms with van der Waals surface area (Å²) in [7, 11) is 0. The van der Waals surface area contributed by atoms with Gasteiger partial charge in [0, 0.05) is 18.0 Å². The van der Waals surface area contributed by atoms with E-state index < -0.39 is 41.6 Å². The zero-order valence-electron chi connectivity index (χ0n) is 21.4. The average Bonchev–Trinajstić information content (AvgIpc) is 2.93. The number of hydrazine groups is 1. The Kier molecular flexibility index (Phi) is 9.35. The Morgan fingerprint density at radius 2 is 1.86 bits per heavy atom. The van der Waals surface area contributed by atoms with E-state index in [4.69, 9.17) is 21.1 Å². The molecule has 3 rings (SSSR count). The average molecular weight is 522 g/mol. The van der Waals surface area contributed by atoms with Crippen molar-refractivity contribution >= 4 is 35.4 Å². The molecule has 2 aliphatic rings. The summed E-state index contributed by atoms with van der Waals surface area (Å²) in [6.07, 6.45) is 2.26. The molecular weight excluding hydrogens is 486 g/mol.